The van der Waals surface area contributed by atoms with Gasteiger partial charge < -0.3 is 49.2 Å². The van der Waals surface area contributed by atoms with Gasteiger partial charge in [-0.05, 0) is 99.9 Å². The van der Waals surface area contributed by atoms with E-state index < -0.39 is 66.3 Å². The molecule has 0 amide bonds. The van der Waals surface area contributed by atoms with Crippen molar-refractivity contribution in [3.8, 4) is 0 Å². The predicted molar refractivity (Wildman–Crippen MR) is 163 cm³/mol. The second kappa shape index (κ2) is 12.0. The standard InChI is InChI=1S/C35H54O11/c1-17-31(40)25(36)14-30(43-17)46-32-18(2)44-29(15-26(32)37)45-21-7-9-33(3)20(12-21)5-6-23-24(33)13-27(38)34(4)22(8-10-35(23,34)41)19-11-28(39)42-16-19/h11,17-18,20-27,29-32,36-38,40-41H,5-10,12-16H2,1-4H3/t17-,18-,20-,21+,22-,23?,24?,25+,26+,27-,29+,30+,31-,32?,33+,34+,35+/m1/s1. The van der Waals surface area contributed by atoms with E-state index in [9.17, 15) is 30.3 Å². The second-order valence-electron chi connectivity index (χ2n) is 16.1. The third-order valence-corrected chi connectivity index (χ3v) is 14.0. The fraction of sp³-hybridized carbons (Fsp3) is 0.914. The predicted octanol–water partition coefficient (Wildman–Crippen LogP) is 2.34. The summed E-state index contributed by atoms with van der Waals surface area (Å²) in [5, 5.41) is 55.4. The number of fused-ring (bicyclic) bond motifs is 5. The number of aliphatic hydroxyl groups is 5. The van der Waals surface area contributed by atoms with Crippen LogP contribution in [-0.2, 0) is 28.5 Å². The Hall–Kier alpha value is -1.15. The van der Waals surface area contributed by atoms with E-state index in [1.165, 1.54) is 0 Å². The van der Waals surface area contributed by atoms with Crippen LogP contribution >= 0.6 is 0 Å². The number of esters is 1. The Kier molecular flexibility index (Phi) is 8.71. The van der Waals surface area contributed by atoms with Gasteiger partial charge in [0.1, 0.15) is 18.8 Å². The Balaban J connectivity index is 0.976. The van der Waals surface area contributed by atoms with E-state index in [2.05, 4.69) is 6.92 Å². The number of aliphatic hydroxyl groups excluding tert-OH is 4. The third-order valence-electron chi connectivity index (χ3n) is 14.0. The number of hydrogen-bond acceptors (Lipinski definition) is 11. The molecular formula is C35H54O11. The van der Waals surface area contributed by atoms with Crippen molar-refractivity contribution in [2.24, 2.45) is 34.5 Å². The summed E-state index contributed by atoms with van der Waals surface area (Å²) in [4.78, 5) is 11.9. The number of rotatable bonds is 5. The summed E-state index contributed by atoms with van der Waals surface area (Å²) < 4.78 is 29.7. The molecule has 7 rings (SSSR count). The molecule has 260 valence electrons. The number of ether oxygens (including phenoxy) is 5. The van der Waals surface area contributed by atoms with Gasteiger partial charge in [-0.25, -0.2) is 4.79 Å². The number of hydrogen-bond donors (Lipinski definition) is 5. The largest absolute Gasteiger partial charge is 0.458 e. The molecule has 5 N–H and O–H groups in total. The fourth-order valence-corrected chi connectivity index (χ4v) is 11.3. The first kappa shape index (κ1) is 33.4. The third kappa shape index (κ3) is 5.22. The first-order valence-corrected chi connectivity index (χ1v) is 17.7. The molecule has 0 spiro atoms. The van der Waals surface area contributed by atoms with E-state index in [1.807, 2.05) is 13.8 Å². The first-order valence-electron chi connectivity index (χ1n) is 17.7. The van der Waals surface area contributed by atoms with Crippen LogP contribution in [0.5, 0.6) is 0 Å². The van der Waals surface area contributed by atoms with E-state index in [4.69, 9.17) is 23.7 Å². The van der Waals surface area contributed by atoms with E-state index >= 15 is 0 Å². The van der Waals surface area contributed by atoms with Crippen LogP contribution in [0.25, 0.3) is 0 Å². The molecule has 4 aliphatic carbocycles. The summed E-state index contributed by atoms with van der Waals surface area (Å²) >= 11 is 0. The normalized spacial score (nSPS) is 55.6. The Morgan fingerprint density at radius 1 is 0.826 bits per heavy atom. The van der Waals surface area contributed by atoms with Crippen molar-refractivity contribution >= 4 is 5.97 Å². The van der Waals surface area contributed by atoms with E-state index in [0.29, 0.717) is 18.8 Å². The molecule has 7 aliphatic rings. The van der Waals surface area contributed by atoms with Crippen molar-refractivity contribution in [3.63, 3.8) is 0 Å². The Labute approximate surface area is 271 Å². The zero-order valence-corrected chi connectivity index (χ0v) is 27.6. The summed E-state index contributed by atoms with van der Waals surface area (Å²) in [6, 6.07) is 0. The lowest BCUT2D eigenvalue weighted by molar-refractivity contribution is -0.318. The van der Waals surface area contributed by atoms with E-state index in [1.54, 1.807) is 13.0 Å². The Morgan fingerprint density at radius 3 is 2.24 bits per heavy atom. The van der Waals surface area contributed by atoms with Crippen molar-refractivity contribution in [3.05, 3.63) is 11.6 Å². The fourth-order valence-electron chi connectivity index (χ4n) is 11.3. The average Bonchev–Trinajstić information content (AvgIpc) is 3.55. The van der Waals surface area contributed by atoms with Gasteiger partial charge in [-0.3, -0.25) is 0 Å². The highest BCUT2D eigenvalue weighted by Gasteiger charge is 2.70. The summed E-state index contributed by atoms with van der Waals surface area (Å²) in [6.07, 6.45) is 2.09. The highest BCUT2D eigenvalue weighted by atomic mass is 16.7. The van der Waals surface area contributed by atoms with Crippen molar-refractivity contribution in [1.82, 2.24) is 0 Å². The summed E-state index contributed by atoms with van der Waals surface area (Å²) in [7, 11) is 0. The highest BCUT2D eigenvalue weighted by molar-refractivity contribution is 5.85. The van der Waals surface area contributed by atoms with E-state index in [0.717, 1.165) is 44.1 Å². The second-order valence-corrected chi connectivity index (χ2v) is 16.1. The summed E-state index contributed by atoms with van der Waals surface area (Å²) in [5.74, 6) is 0.294. The van der Waals surface area contributed by atoms with Gasteiger partial charge in [0.2, 0.25) is 0 Å². The van der Waals surface area contributed by atoms with Gasteiger partial charge in [-0.15, -0.1) is 0 Å². The van der Waals surface area contributed by atoms with Crippen LogP contribution < -0.4 is 0 Å². The van der Waals surface area contributed by atoms with Gasteiger partial charge in [0.05, 0.1) is 42.2 Å². The molecule has 0 aromatic rings. The highest BCUT2D eigenvalue weighted by Crippen LogP contribution is 2.70. The van der Waals surface area contributed by atoms with Gasteiger partial charge in [0, 0.05) is 24.3 Å². The Bertz CT molecular complexity index is 1170. The minimum absolute atomic E-state index is 0.0137. The van der Waals surface area contributed by atoms with Crippen LogP contribution in [0.4, 0.5) is 0 Å². The molecule has 3 unspecified atom stereocenters. The number of cyclic esters (lactones) is 1. The van der Waals surface area contributed by atoms with Crippen LogP contribution in [0.1, 0.15) is 91.9 Å². The minimum Gasteiger partial charge on any atom is -0.458 e. The quantitative estimate of drug-likeness (QED) is 0.219. The van der Waals surface area contributed by atoms with Crippen LogP contribution in [-0.4, -0.2) is 105 Å². The molecule has 17 atom stereocenters. The SMILES string of the molecule is C[C@H]1O[C@@H](O[C@H]2CC[C@]3(C)C4C[C@@H](O)[C@]5(C)[C@@H](C6=CC(=O)OC6)CC[C@]5(O)C4CC[C@@H]3C2)C[C@H](O)C1O[C@H]1C[C@H](O)[C@H](O)[C@@H](C)O1. The monoisotopic (exact) mass is 650 g/mol. The van der Waals surface area contributed by atoms with Crippen molar-refractivity contribution in [2.45, 2.75) is 159 Å². The minimum atomic E-state index is -0.993. The first-order chi connectivity index (χ1) is 21.7. The molecule has 11 heteroatoms. The van der Waals surface area contributed by atoms with Gasteiger partial charge in [-0.1, -0.05) is 13.8 Å². The lowest BCUT2D eigenvalue weighted by Crippen LogP contribution is -2.67. The lowest BCUT2D eigenvalue weighted by atomic mass is 9.42. The maximum atomic E-state index is 12.5. The van der Waals surface area contributed by atoms with Crippen LogP contribution in [0.15, 0.2) is 11.6 Å². The zero-order valence-electron chi connectivity index (χ0n) is 27.6. The smallest absolute Gasteiger partial charge is 0.331 e. The molecule has 0 bridgehead atoms. The van der Waals surface area contributed by atoms with Gasteiger partial charge in [-0.2, -0.15) is 0 Å². The lowest BCUT2D eigenvalue weighted by Gasteiger charge is -2.65. The molecule has 6 fully saturated rings. The topological polar surface area (TPSA) is 164 Å². The molecule has 0 aromatic heterocycles. The van der Waals surface area contributed by atoms with Crippen LogP contribution in [0, 0.1) is 34.5 Å². The van der Waals surface area contributed by atoms with Gasteiger partial charge >= 0.3 is 5.97 Å². The van der Waals surface area contributed by atoms with Gasteiger partial charge in [0.15, 0.2) is 12.6 Å². The molecule has 3 aliphatic heterocycles. The number of carbonyl (C=O) groups is 1. The average molecular weight is 651 g/mol. The molecular weight excluding hydrogens is 596 g/mol. The summed E-state index contributed by atoms with van der Waals surface area (Å²) in [6.45, 7) is 8.18. The van der Waals surface area contributed by atoms with Crippen molar-refractivity contribution in [2.75, 3.05) is 6.61 Å². The molecule has 46 heavy (non-hydrogen) atoms. The van der Waals surface area contributed by atoms with Crippen LogP contribution in [0.3, 0.4) is 0 Å². The van der Waals surface area contributed by atoms with Crippen molar-refractivity contribution < 1.29 is 54.0 Å². The maximum Gasteiger partial charge on any atom is 0.331 e. The maximum absolute atomic E-state index is 12.5. The Morgan fingerprint density at radius 2 is 1.54 bits per heavy atom. The zero-order chi connectivity index (χ0) is 32.8. The number of carbonyl (C=O) groups excluding carboxylic acids is 1. The molecule has 11 nitrogen and oxygen atoms in total. The molecule has 2 saturated heterocycles. The van der Waals surface area contributed by atoms with Gasteiger partial charge in [0.25, 0.3) is 0 Å². The van der Waals surface area contributed by atoms with E-state index in [-0.39, 0.29) is 54.7 Å². The summed E-state index contributed by atoms with van der Waals surface area (Å²) in [5.41, 5.74) is -0.819. The van der Waals surface area contributed by atoms with Crippen LogP contribution in [0.2, 0.25) is 0 Å². The molecule has 0 aromatic carbocycles. The molecule has 4 saturated carbocycles. The van der Waals surface area contributed by atoms with Crippen molar-refractivity contribution in [1.29, 1.82) is 0 Å². The molecule has 3 heterocycles. The molecule has 0 radical (unpaired) electrons.